The number of amides is 1. The van der Waals surface area contributed by atoms with Crippen LogP contribution in [0.3, 0.4) is 0 Å². The van der Waals surface area contributed by atoms with E-state index in [9.17, 15) is 4.79 Å². The maximum atomic E-state index is 12.0. The monoisotopic (exact) mass is 248 g/mol. The summed E-state index contributed by atoms with van der Waals surface area (Å²) in [5.41, 5.74) is 2.23. The first-order valence-electron chi connectivity index (χ1n) is 6.28. The number of hydrogen-bond acceptors (Lipinski definition) is 3. The minimum absolute atomic E-state index is 0.0556. The van der Waals surface area contributed by atoms with E-state index in [1.54, 1.807) is 7.11 Å². The molecular formula is C14H20N2O2. The summed E-state index contributed by atoms with van der Waals surface area (Å²) in [4.78, 5) is 12.0. The van der Waals surface area contributed by atoms with Crippen LogP contribution in [0.25, 0.3) is 0 Å². The highest BCUT2D eigenvalue weighted by molar-refractivity contribution is 5.79. The van der Waals surface area contributed by atoms with Gasteiger partial charge in [0.2, 0.25) is 5.91 Å². The number of aryl methyl sites for hydroxylation is 1. The fourth-order valence-corrected chi connectivity index (χ4v) is 2.29. The Bertz CT molecular complexity index is 420. The van der Waals surface area contributed by atoms with Crippen LogP contribution in [0.5, 0.6) is 0 Å². The highest BCUT2D eigenvalue weighted by atomic mass is 16.5. The normalized spacial score (nSPS) is 23.0. The van der Waals surface area contributed by atoms with E-state index in [1.165, 1.54) is 0 Å². The average molecular weight is 248 g/mol. The van der Waals surface area contributed by atoms with E-state index >= 15 is 0 Å². The summed E-state index contributed by atoms with van der Waals surface area (Å²) in [6.07, 6.45) is 0.505. The smallest absolute Gasteiger partial charge is 0.224 e. The third-order valence-corrected chi connectivity index (χ3v) is 3.42. The van der Waals surface area contributed by atoms with Crippen LogP contribution in [0.1, 0.15) is 11.1 Å². The molecule has 0 aromatic heterocycles. The summed E-state index contributed by atoms with van der Waals surface area (Å²) >= 11 is 0. The van der Waals surface area contributed by atoms with Gasteiger partial charge in [-0.25, -0.2) is 0 Å². The predicted molar refractivity (Wildman–Crippen MR) is 70.5 cm³/mol. The van der Waals surface area contributed by atoms with Gasteiger partial charge in [0.25, 0.3) is 0 Å². The summed E-state index contributed by atoms with van der Waals surface area (Å²) in [7, 11) is 1.68. The van der Waals surface area contributed by atoms with Gasteiger partial charge in [-0.3, -0.25) is 4.79 Å². The van der Waals surface area contributed by atoms with Crippen molar-refractivity contribution >= 4 is 5.91 Å². The van der Waals surface area contributed by atoms with Gasteiger partial charge >= 0.3 is 0 Å². The van der Waals surface area contributed by atoms with Crippen LogP contribution < -0.4 is 10.6 Å². The molecule has 1 saturated heterocycles. The molecule has 0 aliphatic carbocycles. The molecule has 2 rings (SSSR count). The Kier molecular flexibility index (Phi) is 4.33. The molecule has 1 amide bonds. The van der Waals surface area contributed by atoms with Crippen LogP contribution in [0, 0.1) is 6.92 Å². The molecule has 98 valence electrons. The van der Waals surface area contributed by atoms with Crippen LogP contribution in [0.4, 0.5) is 0 Å². The molecule has 0 saturated carbocycles. The standard InChI is InChI=1S/C14H20N2O2/c1-10-5-3-4-6-11(10)7-14(17)16-12-8-15-9-13(12)18-2/h3-6,12-13,15H,7-9H2,1-2H3,(H,16,17)/t12?,13-/m0/s1. The highest BCUT2D eigenvalue weighted by Gasteiger charge is 2.27. The third kappa shape index (κ3) is 3.09. The molecule has 2 N–H and O–H groups in total. The summed E-state index contributed by atoms with van der Waals surface area (Å²) < 4.78 is 5.32. The molecule has 2 atom stereocenters. The van der Waals surface area contributed by atoms with Gasteiger partial charge in [0.05, 0.1) is 18.6 Å². The Labute approximate surface area is 108 Å². The topological polar surface area (TPSA) is 50.4 Å². The van der Waals surface area contributed by atoms with Crippen LogP contribution in [0.2, 0.25) is 0 Å². The van der Waals surface area contributed by atoms with Crippen molar-refractivity contribution < 1.29 is 9.53 Å². The van der Waals surface area contributed by atoms with Crippen molar-refractivity contribution in [1.29, 1.82) is 0 Å². The van der Waals surface area contributed by atoms with Gasteiger partial charge in [0.15, 0.2) is 0 Å². The highest BCUT2D eigenvalue weighted by Crippen LogP contribution is 2.09. The lowest BCUT2D eigenvalue weighted by atomic mass is 10.1. The number of hydrogen-bond donors (Lipinski definition) is 2. The van der Waals surface area contributed by atoms with Gasteiger partial charge in [0.1, 0.15) is 0 Å². The molecule has 0 spiro atoms. The van der Waals surface area contributed by atoms with Crippen molar-refractivity contribution in [2.75, 3.05) is 20.2 Å². The van der Waals surface area contributed by atoms with E-state index in [-0.39, 0.29) is 18.1 Å². The molecule has 1 unspecified atom stereocenters. The lowest BCUT2D eigenvalue weighted by molar-refractivity contribution is -0.121. The molecule has 1 aliphatic rings. The van der Waals surface area contributed by atoms with Crippen molar-refractivity contribution in [2.45, 2.75) is 25.5 Å². The lowest BCUT2D eigenvalue weighted by Crippen LogP contribution is -2.44. The second-order valence-corrected chi connectivity index (χ2v) is 4.71. The number of methoxy groups -OCH3 is 1. The molecule has 4 heteroatoms. The van der Waals surface area contributed by atoms with Crippen LogP contribution in [-0.2, 0) is 16.0 Å². The number of benzene rings is 1. The number of carbonyl (C=O) groups excluding carboxylic acids is 1. The predicted octanol–water partition coefficient (Wildman–Crippen LogP) is 0.641. The number of rotatable bonds is 4. The van der Waals surface area contributed by atoms with Crippen molar-refractivity contribution in [2.24, 2.45) is 0 Å². The van der Waals surface area contributed by atoms with Crippen molar-refractivity contribution in [3.63, 3.8) is 0 Å². The molecule has 1 aromatic rings. The Morgan fingerprint density at radius 2 is 2.22 bits per heavy atom. The second-order valence-electron chi connectivity index (χ2n) is 4.71. The van der Waals surface area contributed by atoms with Crippen LogP contribution in [0.15, 0.2) is 24.3 Å². The van der Waals surface area contributed by atoms with E-state index in [0.29, 0.717) is 6.42 Å². The zero-order valence-electron chi connectivity index (χ0n) is 10.9. The van der Waals surface area contributed by atoms with E-state index in [4.69, 9.17) is 4.74 Å². The quantitative estimate of drug-likeness (QED) is 0.822. The summed E-state index contributed by atoms with van der Waals surface area (Å²) in [6.45, 7) is 3.60. The minimum Gasteiger partial charge on any atom is -0.378 e. The molecule has 1 aromatic carbocycles. The third-order valence-electron chi connectivity index (χ3n) is 3.42. The van der Waals surface area contributed by atoms with E-state index in [2.05, 4.69) is 10.6 Å². The summed E-state index contributed by atoms with van der Waals surface area (Å²) in [5.74, 6) is 0.0556. The first kappa shape index (κ1) is 13.1. The van der Waals surface area contributed by atoms with Gasteiger partial charge in [-0.1, -0.05) is 24.3 Å². The first-order chi connectivity index (χ1) is 8.70. The summed E-state index contributed by atoms with van der Waals surface area (Å²) in [5, 5.41) is 6.24. The van der Waals surface area contributed by atoms with Gasteiger partial charge in [0, 0.05) is 20.2 Å². The Morgan fingerprint density at radius 1 is 1.44 bits per heavy atom. The van der Waals surface area contributed by atoms with Crippen molar-refractivity contribution in [1.82, 2.24) is 10.6 Å². The molecule has 18 heavy (non-hydrogen) atoms. The fraction of sp³-hybridized carbons (Fsp3) is 0.500. The number of nitrogens with one attached hydrogen (secondary N) is 2. The second kappa shape index (κ2) is 5.98. The van der Waals surface area contributed by atoms with Gasteiger partial charge in [-0.15, -0.1) is 0 Å². The van der Waals surface area contributed by atoms with E-state index in [0.717, 1.165) is 24.2 Å². The lowest BCUT2D eigenvalue weighted by Gasteiger charge is -2.18. The zero-order chi connectivity index (χ0) is 13.0. The first-order valence-corrected chi connectivity index (χ1v) is 6.28. The van der Waals surface area contributed by atoms with Crippen molar-refractivity contribution in [3.8, 4) is 0 Å². The molecular weight excluding hydrogens is 228 g/mol. The maximum Gasteiger partial charge on any atom is 0.224 e. The largest absolute Gasteiger partial charge is 0.378 e. The number of ether oxygens (including phenoxy) is 1. The molecule has 0 bridgehead atoms. The van der Waals surface area contributed by atoms with Gasteiger partial charge < -0.3 is 15.4 Å². The van der Waals surface area contributed by atoms with Gasteiger partial charge in [-0.05, 0) is 18.1 Å². The van der Waals surface area contributed by atoms with Crippen LogP contribution in [-0.4, -0.2) is 38.3 Å². The fourth-order valence-electron chi connectivity index (χ4n) is 2.29. The number of carbonyl (C=O) groups is 1. The molecule has 0 radical (unpaired) electrons. The molecule has 1 fully saturated rings. The Morgan fingerprint density at radius 3 is 2.94 bits per heavy atom. The molecule has 1 heterocycles. The maximum absolute atomic E-state index is 12.0. The SMILES string of the molecule is CO[C@H]1CNCC1NC(=O)Cc1ccccc1C. The molecule has 4 nitrogen and oxygen atoms in total. The average Bonchev–Trinajstić information content (AvgIpc) is 2.79. The summed E-state index contributed by atoms with van der Waals surface area (Å²) in [6, 6.07) is 8.04. The van der Waals surface area contributed by atoms with Crippen LogP contribution >= 0.6 is 0 Å². The van der Waals surface area contributed by atoms with Gasteiger partial charge in [-0.2, -0.15) is 0 Å². The van der Waals surface area contributed by atoms with Crippen molar-refractivity contribution in [3.05, 3.63) is 35.4 Å². The van der Waals surface area contributed by atoms with E-state index < -0.39 is 0 Å². The Hall–Kier alpha value is -1.39. The minimum atomic E-state index is 0.0556. The van der Waals surface area contributed by atoms with E-state index in [1.807, 2.05) is 31.2 Å². The molecule has 1 aliphatic heterocycles. The Balaban J connectivity index is 1.91. The zero-order valence-corrected chi connectivity index (χ0v) is 10.9.